The van der Waals surface area contributed by atoms with E-state index < -0.39 is 47.3 Å². The SMILES string of the molecule is CC(C)(C)OC(=O)NCCCCC(N)C(=O)NC(CCCCNC(=O)OC(C)(C)C)C(=O)OCc1ccccc1. The van der Waals surface area contributed by atoms with Crippen molar-refractivity contribution in [3.63, 3.8) is 0 Å². The molecule has 1 aromatic rings. The van der Waals surface area contributed by atoms with E-state index >= 15 is 0 Å². The molecule has 0 saturated heterocycles. The van der Waals surface area contributed by atoms with Gasteiger partial charge in [0.05, 0.1) is 6.04 Å². The molecule has 0 fully saturated rings. The zero-order chi connectivity index (χ0) is 30.2. The summed E-state index contributed by atoms with van der Waals surface area (Å²) in [6.45, 7) is 11.6. The first-order valence-electron chi connectivity index (χ1n) is 13.9. The third kappa shape index (κ3) is 17.3. The molecular formula is C29H48N4O7. The zero-order valence-electron chi connectivity index (χ0n) is 24.8. The van der Waals surface area contributed by atoms with Gasteiger partial charge in [-0.3, -0.25) is 4.79 Å². The molecule has 226 valence electrons. The van der Waals surface area contributed by atoms with Gasteiger partial charge in [-0.25, -0.2) is 14.4 Å². The van der Waals surface area contributed by atoms with Crippen LogP contribution < -0.4 is 21.7 Å². The van der Waals surface area contributed by atoms with Crippen molar-refractivity contribution < 1.29 is 33.4 Å². The van der Waals surface area contributed by atoms with Crippen molar-refractivity contribution in [1.29, 1.82) is 0 Å². The highest BCUT2D eigenvalue weighted by atomic mass is 16.6. The second-order valence-corrected chi connectivity index (χ2v) is 11.6. The van der Waals surface area contributed by atoms with Crippen LogP contribution >= 0.6 is 0 Å². The molecule has 40 heavy (non-hydrogen) atoms. The van der Waals surface area contributed by atoms with Gasteiger partial charge in [0.25, 0.3) is 0 Å². The summed E-state index contributed by atoms with van der Waals surface area (Å²) < 4.78 is 15.9. The van der Waals surface area contributed by atoms with Crippen LogP contribution in [0.15, 0.2) is 30.3 Å². The topological polar surface area (TPSA) is 158 Å². The minimum Gasteiger partial charge on any atom is -0.459 e. The summed E-state index contributed by atoms with van der Waals surface area (Å²) in [6.07, 6.45) is 2.05. The molecule has 3 amide bonds. The van der Waals surface area contributed by atoms with Crippen molar-refractivity contribution in [3.8, 4) is 0 Å². The lowest BCUT2D eigenvalue weighted by Gasteiger charge is -2.21. The van der Waals surface area contributed by atoms with E-state index in [1.807, 2.05) is 30.3 Å². The molecule has 1 rings (SSSR count). The molecule has 1 aromatic carbocycles. The van der Waals surface area contributed by atoms with Crippen LogP contribution in [0.1, 0.15) is 85.6 Å². The molecule has 0 heterocycles. The molecule has 11 nitrogen and oxygen atoms in total. The first-order valence-corrected chi connectivity index (χ1v) is 13.9. The average Bonchev–Trinajstić information content (AvgIpc) is 2.84. The van der Waals surface area contributed by atoms with Crippen LogP contribution in [-0.2, 0) is 30.4 Å². The molecule has 0 aromatic heterocycles. The number of carbonyl (C=O) groups is 4. The predicted octanol–water partition coefficient (Wildman–Crippen LogP) is 3.93. The number of carbonyl (C=O) groups excluding carboxylic acids is 4. The highest BCUT2D eigenvalue weighted by molar-refractivity contribution is 5.87. The Hall–Kier alpha value is -3.34. The summed E-state index contributed by atoms with van der Waals surface area (Å²) in [7, 11) is 0. The van der Waals surface area contributed by atoms with Gasteiger partial charge in [0.2, 0.25) is 5.91 Å². The van der Waals surface area contributed by atoms with E-state index in [4.69, 9.17) is 19.9 Å². The van der Waals surface area contributed by atoms with Gasteiger partial charge in [-0.2, -0.15) is 0 Å². The Balaban J connectivity index is 2.53. The van der Waals surface area contributed by atoms with Gasteiger partial charge >= 0.3 is 18.2 Å². The molecule has 0 aliphatic carbocycles. The maximum atomic E-state index is 12.8. The van der Waals surface area contributed by atoms with Crippen LogP contribution in [0.5, 0.6) is 0 Å². The number of ether oxygens (including phenoxy) is 3. The van der Waals surface area contributed by atoms with Crippen LogP contribution in [0.25, 0.3) is 0 Å². The summed E-state index contributed by atoms with van der Waals surface area (Å²) in [6, 6.07) is 7.56. The van der Waals surface area contributed by atoms with E-state index in [2.05, 4.69) is 16.0 Å². The van der Waals surface area contributed by atoms with Gasteiger partial charge < -0.3 is 35.9 Å². The first-order chi connectivity index (χ1) is 18.7. The highest BCUT2D eigenvalue weighted by Gasteiger charge is 2.25. The molecule has 0 aliphatic rings. The number of benzene rings is 1. The van der Waals surface area contributed by atoms with Gasteiger partial charge in [-0.15, -0.1) is 0 Å². The number of rotatable bonds is 15. The number of amides is 3. The summed E-state index contributed by atoms with van der Waals surface area (Å²) in [5, 5.41) is 8.08. The number of alkyl carbamates (subject to hydrolysis) is 2. The van der Waals surface area contributed by atoms with Crippen LogP contribution in [0.3, 0.4) is 0 Å². The van der Waals surface area contributed by atoms with Crippen LogP contribution in [0.4, 0.5) is 9.59 Å². The summed E-state index contributed by atoms with van der Waals surface area (Å²) >= 11 is 0. The quantitative estimate of drug-likeness (QED) is 0.142. The monoisotopic (exact) mass is 564 g/mol. The summed E-state index contributed by atoms with van der Waals surface area (Å²) in [5.41, 5.74) is 5.75. The highest BCUT2D eigenvalue weighted by Crippen LogP contribution is 2.10. The number of unbranched alkanes of at least 4 members (excludes halogenated alkanes) is 2. The Morgan fingerprint density at radius 2 is 1.27 bits per heavy atom. The van der Waals surface area contributed by atoms with E-state index in [0.717, 1.165) is 5.56 Å². The van der Waals surface area contributed by atoms with Crippen LogP contribution in [0.2, 0.25) is 0 Å². The summed E-state index contributed by atoms with van der Waals surface area (Å²) in [4.78, 5) is 49.1. The molecule has 11 heteroatoms. The van der Waals surface area contributed by atoms with Gasteiger partial charge in [-0.05, 0) is 85.6 Å². The molecule has 2 atom stereocenters. The molecule has 0 bridgehead atoms. The lowest BCUT2D eigenvalue weighted by molar-refractivity contribution is -0.149. The van der Waals surface area contributed by atoms with E-state index in [9.17, 15) is 19.2 Å². The average molecular weight is 565 g/mol. The maximum absolute atomic E-state index is 12.8. The second-order valence-electron chi connectivity index (χ2n) is 11.6. The Bertz CT molecular complexity index is 927. The molecule has 0 saturated carbocycles. The van der Waals surface area contributed by atoms with Gasteiger partial charge in [0, 0.05) is 13.1 Å². The molecule has 0 spiro atoms. The first kappa shape index (κ1) is 34.7. The van der Waals surface area contributed by atoms with Crippen LogP contribution in [0, 0.1) is 0 Å². The molecular weight excluding hydrogens is 516 g/mol. The Morgan fingerprint density at radius 1 is 0.775 bits per heavy atom. The molecule has 2 unspecified atom stereocenters. The molecule has 5 N–H and O–H groups in total. The number of hydrogen-bond acceptors (Lipinski definition) is 8. The van der Waals surface area contributed by atoms with Crippen molar-refractivity contribution in [2.24, 2.45) is 5.73 Å². The van der Waals surface area contributed by atoms with E-state index in [-0.39, 0.29) is 6.61 Å². The summed E-state index contributed by atoms with van der Waals surface area (Å²) in [5.74, 6) is -1.00. The van der Waals surface area contributed by atoms with E-state index in [1.54, 1.807) is 41.5 Å². The number of nitrogens with one attached hydrogen (secondary N) is 3. The second kappa shape index (κ2) is 17.4. The third-order valence-corrected chi connectivity index (χ3v) is 5.36. The smallest absolute Gasteiger partial charge is 0.407 e. The number of esters is 1. The van der Waals surface area contributed by atoms with Crippen molar-refractivity contribution in [1.82, 2.24) is 16.0 Å². The normalized spacial score (nSPS) is 13.0. The number of hydrogen-bond donors (Lipinski definition) is 4. The minimum atomic E-state index is -0.877. The number of nitrogens with two attached hydrogens (primary N) is 1. The standard InChI is InChI=1S/C29H48N4O7/c1-28(2,3)39-26(36)31-18-12-10-16-22(30)24(34)33-23(25(35)38-20-21-14-8-7-9-15-21)17-11-13-19-32-27(37)40-29(4,5)6/h7-9,14-15,22-23H,10-13,16-20,30H2,1-6H3,(H,31,36)(H,32,37)(H,33,34). The lowest BCUT2D eigenvalue weighted by atomic mass is 10.1. The Kier molecular flexibility index (Phi) is 15.1. The van der Waals surface area contributed by atoms with E-state index in [0.29, 0.717) is 51.6 Å². The van der Waals surface area contributed by atoms with Gasteiger partial charge in [-0.1, -0.05) is 30.3 Å². The Morgan fingerprint density at radius 3 is 1.77 bits per heavy atom. The largest absolute Gasteiger partial charge is 0.459 e. The molecule has 0 radical (unpaired) electrons. The fourth-order valence-corrected chi connectivity index (χ4v) is 3.46. The van der Waals surface area contributed by atoms with Crippen molar-refractivity contribution in [2.45, 2.75) is 110 Å². The minimum absolute atomic E-state index is 0.0863. The third-order valence-electron chi connectivity index (χ3n) is 5.36. The fraction of sp³-hybridized carbons (Fsp3) is 0.655. The van der Waals surface area contributed by atoms with Crippen molar-refractivity contribution in [3.05, 3.63) is 35.9 Å². The maximum Gasteiger partial charge on any atom is 0.407 e. The lowest BCUT2D eigenvalue weighted by Crippen LogP contribution is -2.49. The van der Waals surface area contributed by atoms with E-state index in [1.165, 1.54) is 0 Å². The van der Waals surface area contributed by atoms with Gasteiger partial charge in [0.15, 0.2) is 0 Å². The predicted molar refractivity (Wildman–Crippen MR) is 152 cm³/mol. The van der Waals surface area contributed by atoms with Crippen molar-refractivity contribution in [2.75, 3.05) is 13.1 Å². The molecule has 0 aliphatic heterocycles. The van der Waals surface area contributed by atoms with Crippen LogP contribution in [-0.4, -0.2) is 60.4 Å². The van der Waals surface area contributed by atoms with Crippen molar-refractivity contribution >= 4 is 24.1 Å². The Labute approximate surface area is 238 Å². The zero-order valence-corrected chi connectivity index (χ0v) is 24.8. The van der Waals surface area contributed by atoms with Gasteiger partial charge in [0.1, 0.15) is 23.9 Å². The fourth-order valence-electron chi connectivity index (χ4n) is 3.46.